The molecule has 0 aliphatic heterocycles. The van der Waals surface area contributed by atoms with Crippen LogP contribution in [-0.4, -0.2) is 32.9 Å². The maximum absolute atomic E-state index is 12.9. The number of amides is 1. The summed E-state index contributed by atoms with van der Waals surface area (Å²) >= 11 is 0. The van der Waals surface area contributed by atoms with Gasteiger partial charge in [-0.1, -0.05) is 54.6 Å². The van der Waals surface area contributed by atoms with Crippen molar-refractivity contribution >= 4 is 33.1 Å². The molecule has 3 aromatic rings. The number of sulfonamides is 1. The second-order valence-corrected chi connectivity index (χ2v) is 9.85. The number of carbonyl (C=O) groups excluding carboxylic acids is 2. The van der Waals surface area contributed by atoms with Crippen LogP contribution in [-0.2, 0) is 14.8 Å². The summed E-state index contributed by atoms with van der Waals surface area (Å²) in [6, 6.07) is 21.3. The Morgan fingerprint density at radius 1 is 0.879 bits per heavy atom. The van der Waals surface area contributed by atoms with Gasteiger partial charge in [0, 0.05) is 24.1 Å². The van der Waals surface area contributed by atoms with E-state index in [1.807, 2.05) is 32.0 Å². The van der Waals surface area contributed by atoms with Crippen molar-refractivity contribution in [1.82, 2.24) is 0 Å². The van der Waals surface area contributed by atoms with Gasteiger partial charge in [-0.25, -0.2) is 8.42 Å². The number of hydrogen-bond donors (Lipinski definition) is 1. The molecule has 7 heteroatoms. The molecule has 33 heavy (non-hydrogen) atoms. The summed E-state index contributed by atoms with van der Waals surface area (Å²) in [5.74, 6) is -0.456. The van der Waals surface area contributed by atoms with Crippen LogP contribution in [0.1, 0.15) is 39.9 Å². The molecule has 0 fully saturated rings. The second kappa shape index (κ2) is 10.4. The van der Waals surface area contributed by atoms with Gasteiger partial charge in [0.15, 0.2) is 5.78 Å². The molecule has 0 radical (unpaired) electrons. The fourth-order valence-electron chi connectivity index (χ4n) is 3.60. The van der Waals surface area contributed by atoms with Crippen molar-refractivity contribution in [3.63, 3.8) is 0 Å². The van der Waals surface area contributed by atoms with Gasteiger partial charge >= 0.3 is 0 Å². The lowest BCUT2D eigenvalue weighted by Crippen LogP contribution is -2.32. The highest BCUT2D eigenvalue weighted by molar-refractivity contribution is 7.92. The van der Waals surface area contributed by atoms with Gasteiger partial charge in [-0.2, -0.15) is 0 Å². The van der Waals surface area contributed by atoms with E-state index in [9.17, 15) is 18.0 Å². The summed E-state index contributed by atoms with van der Waals surface area (Å²) in [6.45, 7) is 4.00. The number of anilines is 2. The molecule has 0 saturated heterocycles. The molecule has 0 spiro atoms. The van der Waals surface area contributed by atoms with Gasteiger partial charge in [0.05, 0.1) is 17.6 Å². The van der Waals surface area contributed by atoms with Gasteiger partial charge in [-0.05, 0) is 49.6 Å². The van der Waals surface area contributed by atoms with Crippen molar-refractivity contribution in [2.75, 3.05) is 22.4 Å². The first-order chi connectivity index (χ1) is 15.7. The number of para-hydroxylation sites is 1. The predicted octanol–water partition coefficient (Wildman–Crippen LogP) is 4.72. The Bertz CT molecular complexity index is 1250. The molecule has 0 saturated carbocycles. The third-order valence-electron chi connectivity index (χ3n) is 5.49. The van der Waals surface area contributed by atoms with Gasteiger partial charge in [-0.15, -0.1) is 0 Å². The molecular weight excluding hydrogens is 436 g/mol. The number of nitrogens with one attached hydrogen (secondary N) is 1. The fraction of sp³-hybridized carbons (Fsp3) is 0.231. The Labute approximate surface area is 195 Å². The molecule has 6 nitrogen and oxygen atoms in total. The SMILES string of the molecule is Cc1cccc(N(CCCC(=O)Nc2ccccc2C(=O)c2ccccc2)S(C)(=O)=O)c1C. The Hall–Kier alpha value is -3.45. The summed E-state index contributed by atoms with van der Waals surface area (Å²) in [5.41, 5.74) is 3.89. The highest BCUT2D eigenvalue weighted by atomic mass is 32.2. The van der Waals surface area contributed by atoms with Crippen LogP contribution in [0.2, 0.25) is 0 Å². The van der Waals surface area contributed by atoms with Crippen molar-refractivity contribution in [3.8, 4) is 0 Å². The Balaban J connectivity index is 1.68. The number of nitrogens with zero attached hydrogens (tertiary/aromatic N) is 1. The van der Waals surface area contributed by atoms with Crippen LogP contribution in [0.4, 0.5) is 11.4 Å². The minimum atomic E-state index is -3.51. The zero-order valence-corrected chi connectivity index (χ0v) is 19.9. The van der Waals surface area contributed by atoms with E-state index in [1.165, 1.54) is 10.6 Å². The first-order valence-electron chi connectivity index (χ1n) is 10.7. The third-order valence-corrected chi connectivity index (χ3v) is 6.67. The van der Waals surface area contributed by atoms with Gasteiger partial charge in [0.2, 0.25) is 15.9 Å². The molecule has 0 atom stereocenters. The van der Waals surface area contributed by atoms with Crippen molar-refractivity contribution in [3.05, 3.63) is 95.1 Å². The molecule has 0 aliphatic rings. The molecule has 0 bridgehead atoms. The van der Waals surface area contributed by atoms with Crippen LogP contribution in [0.15, 0.2) is 72.8 Å². The largest absolute Gasteiger partial charge is 0.325 e. The van der Waals surface area contributed by atoms with Crippen LogP contribution in [0.25, 0.3) is 0 Å². The quantitative estimate of drug-likeness (QED) is 0.465. The van der Waals surface area contributed by atoms with Crippen LogP contribution in [0, 0.1) is 13.8 Å². The molecular formula is C26H28N2O4S. The summed E-state index contributed by atoms with van der Waals surface area (Å²) < 4.78 is 26.2. The molecule has 0 heterocycles. The van der Waals surface area contributed by atoms with Crippen LogP contribution in [0.5, 0.6) is 0 Å². The van der Waals surface area contributed by atoms with E-state index in [1.54, 1.807) is 54.6 Å². The number of ketones is 1. The van der Waals surface area contributed by atoms with Gasteiger partial charge in [-0.3, -0.25) is 13.9 Å². The summed E-state index contributed by atoms with van der Waals surface area (Å²) in [4.78, 5) is 25.5. The average Bonchev–Trinajstić information content (AvgIpc) is 2.79. The topological polar surface area (TPSA) is 83.6 Å². The summed E-state index contributed by atoms with van der Waals surface area (Å²) in [6.07, 6.45) is 1.62. The first-order valence-corrected chi connectivity index (χ1v) is 12.6. The van der Waals surface area contributed by atoms with Crippen molar-refractivity contribution in [2.45, 2.75) is 26.7 Å². The summed E-state index contributed by atoms with van der Waals surface area (Å²) in [5, 5.41) is 2.81. The lowest BCUT2D eigenvalue weighted by molar-refractivity contribution is -0.116. The number of hydrogen-bond acceptors (Lipinski definition) is 4. The predicted molar refractivity (Wildman–Crippen MR) is 132 cm³/mol. The number of rotatable bonds is 9. The normalized spacial score (nSPS) is 11.1. The average molecular weight is 465 g/mol. The molecule has 0 aliphatic carbocycles. The maximum atomic E-state index is 12.9. The highest BCUT2D eigenvalue weighted by Crippen LogP contribution is 2.25. The molecule has 0 unspecified atom stereocenters. The third kappa shape index (κ3) is 6.08. The van der Waals surface area contributed by atoms with E-state index in [0.29, 0.717) is 28.9 Å². The van der Waals surface area contributed by atoms with Crippen molar-refractivity contribution < 1.29 is 18.0 Å². The fourth-order valence-corrected chi connectivity index (χ4v) is 4.62. The highest BCUT2D eigenvalue weighted by Gasteiger charge is 2.20. The Kier molecular flexibility index (Phi) is 7.66. The Morgan fingerprint density at radius 2 is 1.55 bits per heavy atom. The summed E-state index contributed by atoms with van der Waals surface area (Å²) in [7, 11) is -3.51. The van der Waals surface area contributed by atoms with Gasteiger partial charge < -0.3 is 5.32 Å². The van der Waals surface area contributed by atoms with Crippen molar-refractivity contribution in [1.29, 1.82) is 0 Å². The van der Waals surface area contributed by atoms with E-state index in [2.05, 4.69) is 5.32 Å². The van der Waals surface area contributed by atoms with Gasteiger partial charge in [0.25, 0.3) is 0 Å². The van der Waals surface area contributed by atoms with Crippen molar-refractivity contribution in [2.24, 2.45) is 0 Å². The standard InChI is InChI=1S/C26H28N2O4S/c1-19-11-9-16-24(20(19)2)28(33(3,31)32)18-10-17-25(29)27-23-15-8-7-14-22(23)26(30)21-12-5-4-6-13-21/h4-9,11-16H,10,17-18H2,1-3H3,(H,27,29). The monoisotopic (exact) mass is 464 g/mol. The molecule has 1 amide bonds. The second-order valence-electron chi connectivity index (χ2n) is 7.95. The van der Waals surface area contributed by atoms with E-state index in [-0.39, 0.29) is 24.7 Å². The van der Waals surface area contributed by atoms with E-state index < -0.39 is 10.0 Å². The molecule has 0 aromatic heterocycles. The first kappa shape index (κ1) is 24.2. The maximum Gasteiger partial charge on any atom is 0.232 e. The van der Waals surface area contributed by atoms with Crippen LogP contribution >= 0.6 is 0 Å². The smallest absolute Gasteiger partial charge is 0.232 e. The van der Waals surface area contributed by atoms with E-state index in [0.717, 1.165) is 11.1 Å². The minimum absolute atomic E-state index is 0.116. The minimum Gasteiger partial charge on any atom is -0.325 e. The van der Waals surface area contributed by atoms with E-state index in [4.69, 9.17) is 0 Å². The van der Waals surface area contributed by atoms with Gasteiger partial charge in [0.1, 0.15) is 0 Å². The van der Waals surface area contributed by atoms with E-state index >= 15 is 0 Å². The Morgan fingerprint density at radius 3 is 2.24 bits per heavy atom. The number of aryl methyl sites for hydroxylation is 1. The lowest BCUT2D eigenvalue weighted by atomic mass is 10.0. The van der Waals surface area contributed by atoms with Crippen LogP contribution < -0.4 is 9.62 Å². The molecule has 3 aromatic carbocycles. The lowest BCUT2D eigenvalue weighted by Gasteiger charge is -2.25. The molecule has 172 valence electrons. The number of carbonyl (C=O) groups is 2. The number of benzene rings is 3. The van der Waals surface area contributed by atoms with Crippen LogP contribution in [0.3, 0.4) is 0 Å². The zero-order chi connectivity index (χ0) is 24.0. The molecule has 3 rings (SSSR count). The zero-order valence-electron chi connectivity index (χ0n) is 19.0. The molecule has 1 N–H and O–H groups in total.